The fraction of sp³-hybridized carbons (Fsp3) is 0.154. The minimum atomic E-state index is -1.06. The van der Waals surface area contributed by atoms with Crippen molar-refractivity contribution in [3.8, 4) is 0 Å². The van der Waals surface area contributed by atoms with Gasteiger partial charge in [-0.25, -0.2) is 4.39 Å². The van der Waals surface area contributed by atoms with Crippen LogP contribution in [0.5, 0.6) is 0 Å². The van der Waals surface area contributed by atoms with Crippen molar-refractivity contribution in [1.82, 2.24) is 5.32 Å². The van der Waals surface area contributed by atoms with Gasteiger partial charge in [0.1, 0.15) is 5.82 Å². The molecule has 0 aliphatic rings. The Kier molecular flexibility index (Phi) is 4.68. The number of aliphatic hydroxyl groups excluding tert-OH is 1. The van der Waals surface area contributed by atoms with Crippen LogP contribution in [0.15, 0.2) is 40.2 Å². The van der Waals surface area contributed by atoms with Gasteiger partial charge in [-0.2, -0.15) is 0 Å². The molecule has 19 heavy (non-hydrogen) atoms. The van der Waals surface area contributed by atoms with Gasteiger partial charge in [-0.05, 0) is 34.1 Å². The van der Waals surface area contributed by atoms with Crippen LogP contribution in [0.25, 0.3) is 0 Å². The molecule has 3 nitrogen and oxygen atoms in total. The van der Waals surface area contributed by atoms with Crippen molar-refractivity contribution in [3.63, 3.8) is 0 Å². The Hall–Kier alpha value is -1.24. The summed E-state index contributed by atoms with van der Waals surface area (Å²) in [6.07, 6.45) is -1.06. The van der Waals surface area contributed by atoms with E-state index in [1.54, 1.807) is 24.3 Å². The fourth-order valence-electron chi connectivity index (χ4n) is 1.57. The lowest BCUT2D eigenvalue weighted by molar-refractivity contribution is 0.0918. The summed E-state index contributed by atoms with van der Waals surface area (Å²) in [4.78, 5) is 12.3. The van der Waals surface area contributed by atoms with Crippen molar-refractivity contribution in [1.29, 1.82) is 0 Å². The van der Waals surface area contributed by atoms with Gasteiger partial charge in [0.25, 0.3) is 5.91 Å². The van der Waals surface area contributed by atoms with Crippen LogP contribution in [0.3, 0.4) is 0 Å². The number of hydrogen-bond donors (Lipinski definition) is 2. The molecule has 0 radical (unpaired) electrons. The summed E-state index contributed by atoms with van der Waals surface area (Å²) in [7, 11) is 0. The molecule has 0 saturated heterocycles. The third-order valence-corrected chi connectivity index (χ3v) is 4.14. The predicted octanol–water partition coefficient (Wildman–Crippen LogP) is 3.11. The normalized spacial score (nSPS) is 12.2. The second-order valence-corrected chi connectivity index (χ2v) is 6.31. The number of benzene rings is 1. The van der Waals surface area contributed by atoms with Crippen molar-refractivity contribution < 1.29 is 14.3 Å². The summed E-state index contributed by atoms with van der Waals surface area (Å²) in [5.74, 6) is -0.769. The summed E-state index contributed by atoms with van der Waals surface area (Å²) >= 11 is 4.56. The number of halogens is 2. The number of carbonyl (C=O) groups is 1. The van der Waals surface area contributed by atoms with Crippen LogP contribution in [-0.2, 0) is 0 Å². The molecule has 2 rings (SSSR count). The van der Waals surface area contributed by atoms with Crippen molar-refractivity contribution in [3.05, 3.63) is 56.4 Å². The molecule has 0 saturated carbocycles. The van der Waals surface area contributed by atoms with Crippen LogP contribution < -0.4 is 5.32 Å². The molecule has 1 aromatic carbocycles. The van der Waals surface area contributed by atoms with E-state index in [1.165, 1.54) is 23.5 Å². The molecule has 1 heterocycles. The highest BCUT2D eigenvalue weighted by Crippen LogP contribution is 2.22. The highest BCUT2D eigenvalue weighted by Gasteiger charge is 2.14. The van der Waals surface area contributed by atoms with Gasteiger partial charge in [-0.15, -0.1) is 11.3 Å². The maximum Gasteiger partial charge on any atom is 0.261 e. The molecule has 0 aliphatic carbocycles. The smallest absolute Gasteiger partial charge is 0.261 e. The van der Waals surface area contributed by atoms with E-state index >= 15 is 0 Å². The van der Waals surface area contributed by atoms with Gasteiger partial charge in [0.15, 0.2) is 0 Å². The van der Waals surface area contributed by atoms with Gasteiger partial charge in [0.05, 0.1) is 14.8 Å². The molecular weight excluding hydrogens is 333 g/mol. The van der Waals surface area contributed by atoms with Gasteiger partial charge in [0, 0.05) is 12.1 Å². The van der Waals surface area contributed by atoms with E-state index in [9.17, 15) is 14.3 Å². The Balaban J connectivity index is 1.96. The highest BCUT2D eigenvalue weighted by atomic mass is 79.9. The zero-order valence-electron chi connectivity index (χ0n) is 9.77. The van der Waals surface area contributed by atoms with Crippen molar-refractivity contribution in [2.75, 3.05) is 6.54 Å². The second-order valence-electron chi connectivity index (χ2n) is 3.85. The molecule has 0 unspecified atom stereocenters. The van der Waals surface area contributed by atoms with Gasteiger partial charge >= 0.3 is 0 Å². The van der Waals surface area contributed by atoms with E-state index in [1.807, 2.05) is 0 Å². The monoisotopic (exact) mass is 343 g/mol. The summed E-state index contributed by atoms with van der Waals surface area (Å²) in [5, 5.41) is 12.4. The van der Waals surface area contributed by atoms with Crippen LogP contribution in [0, 0.1) is 5.82 Å². The first-order valence-corrected chi connectivity index (χ1v) is 7.15. The molecule has 1 atom stereocenters. The number of nitrogens with one attached hydrogen (secondary N) is 1. The number of thiophene rings is 1. The second kappa shape index (κ2) is 6.27. The van der Waals surface area contributed by atoms with E-state index in [4.69, 9.17) is 0 Å². The Bertz CT molecular complexity index is 588. The largest absolute Gasteiger partial charge is 0.386 e. The van der Waals surface area contributed by atoms with Crippen LogP contribution in [0.4, 0.5) is 4.39 Å². The first-order valence-electron chi connectivity index (χ1n) is 5.54. The van der Waals surface area contributed by atoms with Crippen LogP contribution in [-0.4, -0.2) is 17.6 Å². The molecule has 0 spiro atoms. The molecule has 0 fully saturated rings. The van der Waals surface area contributed by atoms with Crippen LogP contribution in [0.2, 0.25) is 0 Å². The first-order chi connectivity index (χ1) is 9.08. The number of rotatable bonds is 4. The Morgan fingerprint density at radius 1 is 1.37 bits per heavy atom. The van der Waals surface area contributed by atoms with Gasteiger partial charge in [0.2, 0.25) is 0 Å². The molecule has 1 amide bonds. The summed E-state index contributed by atoms with van der Waals surface area (Å²) in [5.41, 5.74) is 0.176. The van der Waals surface area contributed by atoms with E-state index in [0.29, 0.717) is 4.88 Å². The lowest BCUT2D eigenvalue weighted by atomic mass is 10.1. The van der Waals surface area contributed by atoms with Crippen molar-refractivity contribution in [2.24, 2.45) is 0 Å². The minimum absolute atomic E-state index is 0.0325. The average Bonchev–Trinajstić information content (AvgIpc) is 2.83. The van der Waals surface area contributed by atoms with Gasteiger partial charge in [-0.1, -0.05) is 18.2 Å². The molecule has 1 aromatic heterocycles. The highest BCUT2D eigenvalue weighted by molar-refractivity contribution is 9.11. The van der Waals surface area contributed by atoms with Crippen molar-refractivity contribution in [2.45, 2.75) is 6.10 Å². The zero-order chi connectivity index (χ0) is 13.8. The molecule has 6 heteroatoms. The molecule has 2 aromatic rings. The van der Waals surface area contributed by atoms with Crippen LogP contribution >= 0.6 is 27.3 Å². The topological polar surface area (TPSA) is 49.3 Å². The molecular formula is C13H11BrFNO2S. The standard InChI is InChI=1S/C13H11BrFNO2S/c14-12-6-5-11(19-12)13(18)16-7-10(17)8-3-1-2-4-9(8)15/h1-6,10,17H,7H2,(H,16,18)/t10-/m1/s1. The maximum atomic E-state index is 13.4. The Labute approximate surface area is 122 Å². The van der Waals surface area contributed by atoms with Crippen molar-refractivity contribution >= 4 is 33.2 Å². The van der Waals surface area contributed by atoms with Crippen LogP contribution in [0.1, 0.15) is 21.3 Å². The van der Waals surface area contributed by atoms with E-state index in [0.717, 1.165) is 3.79 Å². The number of amides is 1. The Morgan fingerprint density at radius 3 is 2.74 bits per heavy atom. The third-order valence-electron chi connectivity index (χ3n) is 2.52. The number of carbonyl (C=O) groups excluding carboxylic acids is 1. The Morgan fingerprint density at radius 2 is 2.11 bits per heavy atom. The maximum absolute atomic E-state index is 13.4. The van der Waals surface area contributed by atoms with E-state index in [2.05, 4.69) is 21.2 Å². The quantitative estimate of drug-likeness (QED) is 0.895. The predicted molar refractivity (Wildman–Crippen MR) is 75.7 cm³/mol. The summed E-state index contributed by atoms with van der Waals surface area (Å²) in [6.45, 7) is -0.0325. The van der Waals surface area contributed by atoms with E-state index < -0.39 is 11.9 Å². The molecule has 0 bridgehead atoms. The molecule has 2 N–H and O–H groups in total. The third kappa shape index (κ3) is 3.62. The fourth-order valence-corrected chi connectivity index (χ4v) is 2.87. The first kappa shape index (κ1) is 14.2. The lowest BCUT2D eigenvalue weighted by Crippen LogP contribution is -2.28. The summed E-state index contributed by atoms with van der Waals surface area (Å²) < 4.78 is 14.3. The number of hydrogen-bond acceptors (Lipinski definition) is 3. The summed E-state index contributed by atoms with van der Waals surface area (Å²) in [6, 6.07) is 9.41. The van der Waals surface area contributed by atoms with Gasteiger partial charge < -0.3 is 10.4 Å². The average molecular weight is 344 g/mol. The molecule has 0 aliphatic heterocycles. The zero-order valence-corrected chi connectivity index (χ0v) is 12.2. The lowest BCUT2D eigenvalue weighted by Gasteiger charge is -2.12. The minimum Gasteiger partial charge on any atom is -0.386 e. The van der Waals surface area contributed by atoms with E-state index in [-0.39, 0.29) is 18.0 Å². The van der Waals surface area contributed by atoms with Gasteiger partial charge in [-0.3, -0.25) is 4.79 Å². The molecule has 100 valence electrons. The SMILES string of the molecule is O=C(NC[C@@H](O)c1ccccc1F)c1ccc(Br)s1. The number of aliphatic hydroxyl groups is 1.